The average molecular weight is 132 g/mol. The molecule has 1 heteroatoms. The first-order chi connectivity index (χ1) is 4.24. The lowest BCUT2D eigenvalue weighted by Gasteiger charge is -2.34. The van der Waals surface area contributed by atoms with Crippen molar-refractivity contribution in [2.24, 2.45) is 0 Å². The molecular formula is C8H22N+3. The number of hydrogen-bond acceptors (Lipinski definition) is 0. The Balaban J connectivity index is -0.000000320. The van der Waals surface area contributed by atoms with Crippen LogP contribution in [0.15, 0.2) is 0 Å². The minimum atomic E-state index is 0. The maximum absolute atomic E-state index is 2.27. The summed E-state index contributed by atoms with van der Waals surface area (Å²) in [6.07, 6.45) is 0. The molecule has 0 fully saturated rings. The molecule has 0 spiro atoms. The van der Waals surface area contributed by atoms with Gasteiger partial charge in [0, 0.05) is 0 Å². The molecule has 0 aliphatic carbocycles. The molecule has 0 radical (unpaired) electrons. The van der Waals surface area contributed by atoms with Crippen LogP contribution in [0.3, 0.4) is 0 Å². The molecular weight excluding hydrogens is 110 g/mol. The molecule has 0 aliphatic rings. The molecule has 0 saturated heterocycles. The first-order valence-electron chi connectivity index (χ1n) is 4.09. The Hall–Kier alpha value is -0.0400. The number of rotatable bonds is 4. The second-order valence-electron chi connectivity index (χ2n) is 2.61. The van der Waals surface area contributed by atoms with Gasteiger partial charge in [-0.3, -0.25) is 0 Å². The average Bonchev–Trinajstić information content (AvgIpc) is 1.95. The Morgan fingerprint density at radius 1 is 0.778 bits per heavy atom. The second-order valence-corrected chi connectivity index (χ2v) is 2.61. The summed E-state index contributed by atoms with van der Waals surface area (Å²) in [5, 5.41) is 0. The van der Waals surface area contributed by atoms with Crippen molar-refractivity contribution < 1.29 is 7.34 Å². The van der Waals surface area contributed by atoms with E-state index >= 15 is 0 Å². The van der Waals surface area contributed by atoms with E-state index in [1.54, 1.807) is 0 Å². The van der Waals surface area contributed by atoms with E-state index in [1.165, 1.54) is 30.7 Å². The van der Waals surface area contributed by atoms with Gasteiger partial charge in [-0.15, -0.1) is 0 Å². The minimum Gasteiger partial charge on any atom is -0.325 e. The normalized spacial score (nSPS) is 12.0. The summed E-state index contributed by atoms with van der Waals surface area (Å²) in [5.41, 5.74) is 0. The van der Waals surface area contributed by atoms with E-state index in [4.69, 9.17) is 0 Å². The molecule has 0 amide bonds. The number of hydrogen-bond donors (Lipinski definition) is 0. The third kappa shape index (κ3) is 1.98. The number of quaternary nitrogens is 1. The van der Waals surface area contributed by atoms with Gasteiger partial charge in [0.25, 0.3) is 0 Å². The second kappa shape index (κ2) is 3.89. The van der Waals surface area contributed by atoms with Gasteiger partial charge in [0.1, 0.15) is 0 Å². The zero-order valence-corrected chi connectivity index (χ0v) is 7.28. The van der Waals surface area contributed by atoms with E-state index in [0.717, 1.165) is 0 Å². The highest BCUT2D eigenvalue weighted by atomic mass is 15.3. The Morgan fingerprint density at radius 3 is 1.00 bits per heavy atom. The molecule has 0 aliphatic heterocycles. The van der Waals surface area contributed by atoms with Crippen LogP contribution in [0.2, 0.25) is 0 Å². The van der Waals surface area contributed by atoms with E-state index in [0.29, 0.717) is 0 Å². The smallest absolute Gasteiger partial charge is 0.325 e. The van der Waals surface area contributed by atoms with Crippen LogP contribution in [-0.2, 0) is 0 Å². The zero-order valence-electron chi connectivity index (χ0n) is 9.28. The van der Waals surface area contributed by atoms with Crippen LogP contribution in [0.1, 0.15) is 30.5 Å². The molecule has 0 aromatic carbocycles. The summed E-state index contributed by atoms with van der Waals surface area (Å²) in [5.74, 6) is 0. The lowest BCUT2D eigenvalue weighted by atomic mass is 10.3. The highest BCUT2D eigenvalue weighted by molar-refractivity contribution is 4.31. The van der Waals surface area contributed by atoms with Gasteiger partial charge in [-0.05, 0) is 27.7 Å². The maximum atomic E-state index is 2.27. The van der Waals surface area contributed by atoms with Crippen LogP contribution in [0.4, 0.5) is 0 Å². The Labute approximate surface area is 62.2 Å². The highest BCUT2D eigenvalue weighted by Crippen LogP contribution is 2.03. The van der Waals surface area contributed by atoms with Gasteiger partial charge in [0.15, 0.2) is 0 Å². The molecule has 56 valence electrons. The minimum absolute atomic E-state index is 0. The van der Waals surface area contributed by atoms with E-state index < -0.39 is 0 Å². The quantitative estimate of drug-likeness (QED) is 0.514. The molecule has 9 heavy (non-hydrogen) atoms. The van der Waals surface area contributed by atoms with Gasteiger partial charge >= 0.3 is 2.85 Å². The van der Waals surface area contributed by atoms with Gasteiger partial charge in [0.2, 0.25) is 0 Å². The van der Waals surface area contributed by atoms with Crippen LogP contribution in [0.5, 0.6) is 0 Å². The summed E-state index contributed by atoms with van der Waals surface area (Å²) < 4.78 is 1.28. The van der Waals surface area contributed by atoms with Crippen molar-refractivity contribution in [3.63, 3.8) is 0 Å². The third-order valence-corrected chi connectivity index (χ3v) is 2.68. The van der Waals surface area contributed by atoms with Crippen molar-refractivity contribution in [1.82, 2.24) is 0 Å². The largest absolute Gasteiger partial charge is 1.00 e. The molecule has 0 aromatic heterocycles. The molecule has 0 N–H and O–H groups in total. The summed E-state index contributed by atoms with van der Waals surface area (Å²) in [6.45, 7) is 14.2. The number of nitrogens with zero attached hydrogens (tertiary/aromatic N) is 1. The van der Waals surface area contributed by atoms with Gasteiger partial charge in [-0.2, -0.15) is 0 Å². The van der Waals surface area contributed by atoms with Crippen molar-refractivity contribution in [2.75, 3.05) is 26.2 Å². The van der Waals surface area contributed by atoms with Gasteiger partial charge < -0.3 is 4.48 Å². The zero-order chi connectivity index (χ0) is 7.33. The highest BCUT2D eigenvalue weighted by Gasteiger charge is 2.16. The topological polar surface area (TPSA) is 0 Å². The third-order valence-electron chi connectivity index (χ3n) is 2.68. The van der Waals surface area contributed by atoms with Crippen LogP contribution >= 0.6 is 0 Å². The lowest BCUT2D eigenvalue weighted by molar-refractivity contribution is -0.921. The molecule has 0 heterocycles. The van der Waals surface area contributed by atoms with E-state index in [9.17, 15) is 0 Å². The van der Waals surface area contributed by atoms with E-state index in [-0.39, 0.29) is 2.85 Å². The Morgan fingerprint density at radius 2 is 1.00 bits per heavy atom. The van der Waals surface area contributed by atoms with Gasteiger partial charge in [0.05, 0.1) is 26.2 Å². The van der Waals surface area contributed by atoms with Crippen LogP contribution in [-0.4, -0.2) is 30.7 Å². The summed E-state index contributed by atoms with van der Waals surface area (Å²) in [4.78, 5) is 0. The Kier molecular flexibility index (Phi) is 3.87. The first-order valence-corrected chi connectivity index (χ1v) is 4.09. The van der Waals surface area contributed by atoms with Crippen molar-refractivity contribution in [3.05, 3.63) is 0 Å². The Bertz CT molecular complexity index is 55.0. The first kappa shape index (κ1) is 8.96. The van der Waals surface area contributed by atoms with E-state index in [2.05, 4.69) is 27.7 Å². The molecule has 1 nitrogen and oxygen atoms in total. The van der Waals surface area contributed by atoms with Crippen molar-refractivity contribution in [3.8, 4) is 0 Å². The van der Waals surface area contributed by atoms with Gasteiger partial charge in [-0.25, -0.2) is 0 Å². The van der Waals surface area contributed by atoms with Crippen LogP contribution < -0.4 is 0 Å². The van der Waals surface area contributed by atoms with Crippen molar-refractivity contribution >= 4 is 0 Å². The van der Waals surface area contributed by atoms with Crippen LogP contribution in [0.25, 0.3) is 0 Å². The predicted molar refractivity (Wildman–Crippen MR) is 44.6 cm³/mol. The molecule has 0 bridgehead atoms. The summed E-state index contributed by atoms with van der Waals surface area (Å²) >= 11 is 0. The fraction of sp³-hybridized carbons (Fsp3) is 1.00. The van der Waals surface area contributed by atoms with Gasteiger partial charge in [-0.1, -0.05) is 0 Å². The predicted octanol–water partition coefficient (Wildman–Crippen LogP) is 2.11. The SMILES string of the molecule is CC[N+](CC)(CC)CC.[H+].[H+]. The fourth-order valence-electron chi connectivity index (χ4n) is 1.34. The monoisotopic (exact) mass is 132 g/mol. The molecule has 0 rings (SSSR count). The lowest BCUT2D eigenvalue weighted by Crippen LogP contribution is -2.47. The van der Waals surface area contributed by atoms with E-state index in [1.807, 2.05) is 0 Å². The molecule has 0 unspecified atom stereocenters. The molecule has 0 aromatic rings. The molecule has 0 saturated carbocycles. The maximum Gasteiger partial charge on any atom is 1.00 e. The van der Waals surface area contributed by atoms with Crippen LogP contribution in [0, 0.1) is 0 Å². The van der Waals surface area contributed by atoms with Crippen molar-refractivity contribution in [1.29, 1.82) is 0 Å². The van der Waals surface area contributed by atoms with Crippen molar-refractivity contribution in [2.45, 2.75) is 27.7 Å². The molecule has 0 atom stereocenters. The summed E-state index contributed by atoms with van der Waals surface area (Å²) in [6, 6.07) is 0. The standard InChI is InChI=1S/C8H20N/c1-5-9(6-2,7-3)8-4/h5-8H2,1-4H3/q+1/p+2. The summed E-state index contributed by atoms with van der Waals surface area (Å²) in [7, 11) is 0. The fourth-order valence-corrected chi connectivity index (χ4v) is 1.34.